The van der Waals surface area contributed by atoms with E-state index in [0.29, 0.717) is 18.8 Å². The molecule has 2 aromatic rings. The molecule has 146 valence electrons. The van der Waals surface area contributed by atoms with Crippen LogP contribution in [0.15, 0.2) is 28.9 Å². The molecule has 3 heterocycles. The summed E-state index contributed by atoms with van der Waals surface area (Å²) in [5, 5.41) is 5.61. The normalized spacial score (nSPS) is 17.6. The Bertz CT molecular complexity index is 781. The second-order valence-corrected chi connectivity index (χ2v) is 6.77. The summed E-state index contributed by atoms with van der Waals surface area (Å²) in [5.41, 5.74) is -0.999. The van der Waals surface area contributed by atoms with Gasteiger partial charge in [-0.3, -0.25) is 0 Å². The Hall–Kier alpha value is -2.36. The molecule has 0 saturated carbocycles. The molecule has 1 aliphatic rings. The fourth-order valence-corrected chi connectivity index (χ4v) is 3.11. The molecular weight excluding hydrogens is 379 g/mol. The van der Waals surface area contributed by atoms with Crippen molar-refractivity contribution in [3.63, 3.8) is 0 Å². The van der Waals surface area contributed by atoms with E-state index >= 15 is 0 Å². The summed E-state index contributed by atoms with van der Waals surface area (Å²) in [6, 6.07) is 4.60. The predicted octanol–water partition coefficient (Wildman–Crippen LogP) is 3.95. The first-order valence-corrected chi connectivity index (χ1v) is 9.04. The molecule has 27 heavy (non-hydrogen) atoms. The number of alkyl halides is 3. The number of halogens is 3. The molecule has 2 aromatic heterocycles. The molecule has 10 heteroatoms. The van der Waals surface area contributed by atoms with Crippen LogP contribution in [-0.2, 0) is 12.7 Å². The van der Waals surface area contributed by atoms with E-state index in [1.165, 1.54) is 6.26 Å². The van der Waals surface area contributed by atoms with Crippen LogP contribution in [0.4, 0.5) is 24.9 Å². The van der Waals surface area contributed by atoms with Gasteiger partial charge in [-0.05, 0) is 50.5 Å². The highest BCUT2D eigenvalue weighted by atomic mass is 32.1. The highest BCUT2D eigenvalue weighted by molar-refractivity contribution is 7.80. The van der Waals surface area contributed by atoms with Crippen molar-refractivity contribution in [3.05, 3.63) is 35.9 Å². The molecule has 1 fully saturated rings. The second kappa shape index (κ2) is 8.12. The predicted molar refractivity (Wildman–Crippen MR) is 99.5 cm³/mol. The van der Waals surface area contributed by atoms with Crippen LogP contribution in [-0.4, -0.2) is 27.7 Å². The number of furan rings is 1. The van der Waals surface area contributed by atoms with Gasteiger partial charge in [0.25, 0.3) is 0 Å². The van der Waals surface area contributed by atoms with E-state index in [4.69, 9.17) is 16.6 Å². The Morgan fingerprint density at radius 3 is 2.85 bits per heavy atom. The van der Waals surface area contributed by atoms with E-state index in [9.17, 15) is 13.2 Å². The quantitative estimate of drug-likeness (QED) is 0.755. The molecule has 0 amide bonds. The van der Waals surface area contributed by atoms with E-state index in [1.54, 1.807) is 12.1 Å². The lowest BCUT2D eigenvalue weighted by atomic mass is 10.0. The minimum absolute atomic E-state index is 0.114. The SMILES string of the molecule is C[C@H]1CCCCN1c1cc(C(F)(F)F)nc(NC(=S)NCc2ccco2)n1. The maximum Gasteiger partial charge on any atom is 0.433 e. The third-order valence-corrected chi connectivity index (χ3v) is 4.58. The van der Waals surface area contributed by atoms with Gasteiger partial charge in [-0.15, -0.1) is 0 Å². The lowest BCUT2D eigenvalue weighted by Crippen LogP contribution is -2.38. The molecule has 0 aromatic carbocycles. The first-order valence-electron chi connectivity index (χ1n) is 8.63. The van der Waals surface area contributed by atoms with E-state index < -0.39 is 11.9 Å². The fourth-order valence-electron chi connectivity index (χ4n) is 2.95. The summed E-state index contributed by atoms with van der Waals surface area (Å²) in [4.78, 5) is 9.72. The van der Waals surface area contributed by atoms with Crippen LogP contribution in [0.25, 0.3) is 0 Å². The number of hydrogen-bond acceptors (Lipinski definition) is 5. The number of anilines is 2. The summed E-state index contributed by atoms with van der Waals surface area (Å²) < 4.78 is 45.0. The minimum Gasteiger partial charge on any atom is -0.467 e. The van der Waals surface area contributed by atoms with Gasteiger partial charge in [-0.25, -0.2) is 4.98 Å². The van der Waals surface area contributed by atoms with E-state index in [0.717, 1.165) is 25.3 Å². The number of aromatic nitrogens is 2. The second-order valence-electron chi connectivity index (χ2n) is 6.36. The molecule has 1 atom stereocenters. The van der Waals surface area contributed by atoms with Gasteiger partial charge in [-0.1, -0.05) is 0 Å². The maximum atomic E-state index is 13.3. The lowest BCUT2D eigenvalue weighted by molar-refractivity contribution is -0.141. The standard InChI is InChI=1S/C17H20F3N5OS/c1-11-5-2-3-7-25(11)14-9-13(17(18,19)20)22-15(23-14)24-16(27)21-10-12-6-4-8-26-12/h4,6,8-9,11H,2-3,5,7,10H2,1H3,(H2,21,22,23,24,27)/t11-/m0/s1. The van der Waals surface area contributed by atoms with Gasteiger partial charge in [0, 0.05) is 18.7 Å². The van der Waals surface area contributed by atoms with Gasteiger partial charge in [-0.2, -0.15) is 18.2 Å². The Labute approximate surface area is 160 Å². The number of rotatable bonds is 4. The summed E-state index contributed by atoms with van der Waals surface area (Å²) in [7, 11) is 0. The Morgan fingerprint density at radius 2 is 2.19 bits per heavy atom. The molecule has 0 aliphatic carbocycles. The molecular formula is C17H20F3N5OS. The summed E-state index contributed by atoms with van der Waals surface area (Å²) >= 11 is 5.13. The fraction of sp³-hybridized carbons (Fsp3) is 0.471. The zero-order valence-electron chi connectivity index (χ0n) is 14.7. The van der Waals surface area contributed by atoms with Gasteiger partial charge in [0.15, 0.2) is 10.8 Å². The van der Waals surface area contributed by atoms with Crippen LogP contribution in [0.3, 0.4) is 0 Å². The van der Waals surface area contributed by atoms with Crippen LogP contribution in [0, 0.1) is 0 Å². The van der Waals surface area contributed by atoms with Crippen LogP contribution in [0.5, 0.6) is 0 Å². The van der Waals surface area contributed by atoms with Crippen molar-refractivity contribution in [2.24, 2.45) is 0 Å². The first kappa shape index (κ1) is 19.4. The molecule has 0 unspecified atom stereocenters. The zero-order chi connectivity index (χ0) is 19.4. The molecule has 3 rings (SSSR count). The first-order chi connectivity index (χ1) is 12.8. The Morgan fingerprint density at radius 1 is 1.37 bits per heavy atom. The number of thiocarbonyl (C=S) groups is 1. The van der Waals surface area contributed by atoms with Crippen molar-refractivity contribution in [2.45, 2.75) is 44.9 Å². The smallest absolute Gasteiger partial charge is 0.433 e. The van der Waals surface area contributed by atoms with Gasteiger partial charge in [0.1, 0.15) is 11.6 Å². The van der Waals surface area contributed by atoms with Crippen LogP contribution in [0.2, 0.25) is 0 Å². The third kappa shape index (κ3) is 5.09. The van der Waals surface area contributed by atoms with Crippen molar-refractivity contribution >= 4 is 29.1 Å². The molecule has 1 aliphatic heterocycles. The minimum atomic E-state index is -4.57. The van der Waals surface area contributed by atoms with Crippen molar-refractivity contribution in [1.29, 1.82) is 0 Å². The molecule has 1 saturated heterocycles. The van der Waals surface area contributed by atoms with Crippen LogP contribution in [0.1, 0.15) is 37.6 Å². The lowest BCUT2D eigenvalue weighted by Gasteiger charge is -2.34. The van der Waals surface area contributed by atoms with Crippen LogP contribution >= 0.6 is 12.2 Å². The highest BCUT2D eigenvalue weighted by Crippen LogP contribution is 2.32. The maximum absolute atomic E-state index is 13.3. The largest absolute Gasteiger partial charge is 0.467 e. The Kier molecular flexibility index (Phi) is 5.83. The van der Waals surface area contributed by atoms with Crippen molar-refractivity contribution in [1.82, 2.24) is 15.3 Å². The van der Waals surface area contributed by atoms with Crippen molar-refractivity contribution in [3.8, 4) is 0 Å². The van der Waals surface area contributed by atoms with E-state index in [-0.39, 0.29) is 22.9 Å². The molecule has 2 N–H and O–H groups in total. The third-order valence-electron chi connectivity index (χ3n) is 4.33. The molecule has 0 bridgehead atoms. The zero-order valence-corrected chi connectivity index (χ0v) is 15.5. The average molecular weight is 399 g/mol. The van der Waals surface area contributed by atoms with Crippen molar-refractivity contribution in [2.75, 3.05) is 16.8 Å². The number of nitrogens with zero attached hydrogens (tertiary/aromatic N) is 3. The number of piperidine rings is 1. The summed E-state index contributed by atoms with van der Waals surface area (Å²) in [5.74, 6) is 0.711. The number of hydrogen-bond donors (Lipinski definition) is 2. The topological polar surface area (TPSA) is 66.2 Å². The van der Waals surface area contributed by atoms with E-state index in [2.05, 4.69) is 20.6 Å². The Balaban J connectivity index is 1.78. The summed E-state index contributed by atoms with van der Waals surface area (Å²) in [6.07, 6.45) is -0.161. The molecule has 0 radical (unpaired) electrons. The van der Waals surface area contributed by atoms with Crippen molar-refractivity contribution < 1.29 is 17.6 Å². The molecule has 0 spiro atoms. The van der Waals surface area contributed by atoms with Gasteiger partial charge >= 0.3 is 6.18 Å². The highest BCUT2D eigenvalue weighted by Gasteiger charge is 2.35. The van der Waals surface area contributed by atoms with Gasteiger partial charge in [0.05, 0.1) is 12.8 Å². The van der Waals surface area contributed by atoms with Gasteiger partial charge < -0.3 is 20.0 Å². The average Bonchev–Trinajstić information content (AvgIpc) is 3.13. The van der Waals surface area contributed by atoms with E-state index in [1.807, 2.05) is 11.8 Å². The number of nitrogens with one attached hydrogen (secondary N) is 2. The summed E-state index contributed by atoms with van der Waals surface area (Å²) in [6.45, 7) is 2.95. The van der Waals surface area contributed by atoms with Gasteiger partial charge in [0.2, 0.25) is 5.95 Å². The monoisotopic (exact) mass is 399 g/mol. The van der Waals surface area contributed by atoms with Crippen LogP contribution < -0.4 is 15.5 Å². The molecule has 6 nitrogen and oxygen atoms in total.